The van der Waals surface area contributed by atoms with Gasteiger partial charge in [-0.1, -0.05) is 30.3 Å². The molecule has 0 bridgehead atoms. The molecule has 0 saturated heterocycles. The van der Waals surface area contributed by atoms with Crippen molar-refractivity contribution in [3.8, 4) is 0 Å². The fourth-order valence-corrected chi connectivity index (χ4v) is 1.62. The third-order valence-corrected chi connectivity index (χ3v) is 2.69. The van der Waals surface area contributed by atoms with Crippen LogP contribution in [-0.4, -0.2) is 39.5 Å². The number of thiocarbonyl (C=S) groups is 1. The van der Waals surface area contributed by atoms with Crippen molar-refractivity contribution in [1.29, 1.82) is 0 Å². The van der Waals surface area contributed by atoms with Gasteiger partial charge in [-0.15, -0.1) is 0 Å². The van der Waals surface area contributed by atoms with Crippen LogP contribution < -0.4 is 11.2 Å². The number of benzene rings is 1. The number of hydrogen-bond acceptors (Lipinski definition) is 3. The number of nitrogens with zero attached hydrogens (tertiary/aromatic N) is 2. The van der Waals surface area contributed by atoms with Gasteiger partial charge in [-0.3, -0.25) is 10.3 Å². The van der Waals surface area contributed by atoms with E-state index in [0.29, 0.717) is 5.71 Å². The van der Waals surface area contributed by atoms with Crippen molar-refractivity contribution < 1.29 is 9.90 Å². The molecule has 0 saturated carbocycles. The molecule has 0 aliphatic heterocycles. The van der Waals surface area contributed by atoms with Gasteiger partial charge in [-0.05, 0) is 31.6 Å². The van der Waals surface area contributed by atoms with E-state index in [-0.39, 0.29) is 17.7 Å². The molecule has 4 N–H and O–H groups in total. The summed E-state index contributed by atoms with van der Waals surface area (Å²) in [5, 5.41) is 13.3. The second-order valence-corrected chi connectivity index (χ2v) is 4.84. The van der Waals surface area contributed by atoms with E-state index in [2.05, 4.69) is 10.5 Å². The average molecular weight is 294 g/mol. The van der Waals surface area contributed by atoms with Crippen molar-refractivity contribution in [3.63, 3.8) is 0 Å². The van der Waals surface area contributed by atoms with Crippen molar-refractivity contribution in [2.75, 3.05) is 6.54 Å². The van der Waals surface area contributed by atoms with Gasteiger partial charge in [-0.2, -0.15) is 5.10 Å². The normalized spacial score (nSPS) is 11.2. The molecule has 6 nitrogen and oxygen atoms in total. The van der Waals surface area contributed by atoms with Gasteiger partial charge in [0.05, 0.1) is 12.3 Å². The lowest BCUT2D eigenvalue weighted by Crippen LogP contribution is -2.40. The van der Waals surface area contributed by atoms with E-state index in [9.17, 15) is 9.90 Å². The van der Waals surface area contributed by atoms with Gasteiger partial charge >= 0.3 is 6.09 Å². The van der Waals surface area contributed by atoms with Gasteiger partial charge in [0, 0.05) is 6.04 Å². The Morgan fingerprint density at radius 2 is 2.05 bits per heavy atom. The Morgan fingerprint density at radius 1 is 1.45 bits per heavy atom. The summed E-state index contributed by atoms with van der Waals surface area (Å²) in [7, 11) is 0. The molecule has 0 atom stereocenters. The summed E-state index contributed by atoms with van der Waals surface area (Å²) < 4.78 is 0. The Kier molecular flexibility index (Phi) is 5.92. The summed E-state index contributed by atoms with van der Waals surface area (Å²) in [6.45, 7) is 3.75. The van der Waals surface area contributed by atoms with Crippen LogP contribution >= 0.6 is 12.2 Å². The summed E-state index contributed by atoms with van der Waals surface area (Å²) in [5.41, 5.74) is 9.22. The first-order chi connectivity index (χ1) is 9.41. The minimum absolute atomic E-state index is 0.0323. The molecule has 0 fully saturated rings. The number of rotatable bonds is 5. The number of amides is 1. The van der Waals surface area contributed by atoms with Gasteiger partial charge in [-0.25, -0.2) is 4.79 Å². The number of hydrazone groups is 1. The molecule has 20 heavy (non-hydrogen) atoms. The Balaban J connectivity index is 3.02. The molecule has 0 aliphatic carbocycles. The van der Waals surface area contributed by atoms with Gasteiger partial charge in [0.2, 0.25) is 0 Å². The molecule has 0 spiro atoms. The summed E-state index contributed by atoms with van der Waals surface area (Å²) >= 11 is 4.71. The highest BCUT2D eigenvalue weighted by molar-refractivity contribution is 7.80. The third kappa shape index (κ3) is 4.85. The van der Waals surface area contributed by atoms with Crippen molar-refractivity contribution >= 4 is 29.1 Å². The molecule has 1 amide bonds. The summed E-state index contributed by atoms with van der Waals surface area (Å²) in [6.07, 6.45) is -1.00. The summed E-state index contributed by atoms with van der Waals surface area (Å²) in [4.78, 5) is 12.5. The second-order valence-electron chi connectivity index (χ2n) is 4.40. The average Bonchev–Trinajstić information content (AvgIpc) is 2.38. The Morgan fingerprint density at radius 3 is 2.50 bits per heavy atom. The van der Waals surface area contributed by atoms with E-state index in [1.807, 2.05) is 30.3 Å². The van der Waals surface area contributed by atoms with Crippen molar-refractivity contribution in [1.82, 2.24) is 10.3 Å². The van der Waals surface area contributed by atoms with E-state index in [1.54, 1.807) is 13.8 Å². The largest absolute Gasteiger partial charge is 0.465 e. The van der Waals surface area contributed by atoms with Gasteiger partial charge in [0.25, 0.3) is 0 Å². The van der Waals surface area contributed by atoms with Gasteiger partial charge < -0.3 is 10.8 Å². The lowest BCUT2D eigenvalue weighted by Gasteiger charge is -2.24. The molecule has 7 heteroatoms. The highest BCUT2D eigenvalue weighted by Crippen LogP contribution is 2.06. The minimum atomic E-state index is -1.00. The van der Waals surface area contributed by atoms with E-state index < -0.39 is 6.09 Å². The van der Waals surface area contributed by atoms with Gasteiger partial charge in [0.1, 0.15) is 0 Å². The molecular formula is C13H18N4O2S. The van der Waals surface area contributed by atoms with Crippen LogP contribution in [0.5, 0.6) is 0 Å². The number of nitrogens with two attached hydrogens (primary N) is 1. The van der Waals surface area contributed by atoms with Crippen molar-refractivity contribution in [3.05, 3.63) is 35.9 Å². The minimum Gasteiger partial charge on any atom is -0.465 e. The van der Waals surface area contributed by atoms with Gasteiger partial charge in [0.15, 0.2) is 5.11 Å². The first-order valence-corrected chi connectivity index (χ1v) is 6.49. The predicted octanol–water partition coefficient (Wildman–Crippen LogP) is 1.61. The van der Waals surface area contributed by atoms with Crippen LogP contribution in [0.4, 0.5) is 4.79 Å². The standard InChI is InChI=1S/C13H18N4O2S/c1-9(2)17(13(18)19)8-11(15-16-12(14)20)10-6-4-3-5-7-10/h3-7,9H,8H2,1-2H3,(H,18,19)(H3,14,16,20)/b15-11+. The van der Waals surface area contributed by atoms with E-state index in [4.69, 9.17) is 18.0 Å². The van der Waals surface area contributed by atoms with E-state index in [0.717, 1.165) is 5.56 Å². The molecule has 0 unspecified atom stereocenters. The molecule has 108 valence electrons. The summed E-state index contributed by atoms with van der Waals surface area (Å²) in [5.74, 6) is 0. The molecule has 0 heterocycles. The first kappa shape index (κ1) is 15.9. The maximum absolute atomic E-state index is 11.2. The van der Waals surface area contributed by atoms with Crippen molar-refractivity contribution in [2.45, 2.75) is 19.9 Å². The predicted molar refractivity (Wildman–Crippen MR) is 82.8 cm³/mol. The van der Waals surface area contributed by atoms with Crippen LogP contribution in [0.3, 0.4) is 0 Å². The zero-order valence-corrected chi connectivity index (χ0v) is 12.2. The smallest absolute Gasteiger partial charge is 0.407 e. The molecule has 1 aromatic rings. The third-order valence-electron chi connectivity index (χ3n) is 2.60. The summed E-state index contributed by atoms with van der Waals surface area (Å²) in [6, 6.07) is 9.12. The number of hydrogen-bond donors (Lipinski definition) is 3. The fourth-order valence-electron chi connectivity index (χ4n) is 1.58. The highest BCUT2D eigenvalue weighted by Gasteiger charge is 2.19. The maximum atomic E-state index is 11.2. The van der Waals surface area contributed by atoms with E-state index >= 15 is 0 Å². The lowest BCUT2D eigenvalue weighted by molar-refractivity contribution is 0.140. The van der Waals surface area contributed by atoms with E-state index in [1.165, 1.54) is 4.90 Å². The van der Waals surface area contributed by atoms with Crippen molar-refractivity contribution in [2.24, 2.45) is 10.8 Å². The van der Waals surface area contributed by atoms with Crippen LogP contribution in [0, 0.1) is 0 Å². The Hall–Kier alpha value is -2.15. The van der Waals surface area contributed by atoms with Crippen LogP contribution in [0.1, 0.15) is 19.4 Å². The molecular weight excluding hydrogens is 276 g/mol. The SMILES string of the molecule is CC(C)N(C/C(=N\NC(N)=S)c1ccccc1)C(=O)O. The number of carboxylic acid groups (broad SMARTS) is 1. The lowest BCUT2D eigenvalue weighted by atomic mass is 10.1. The number of nitrogens with one attached hydrogen (secondary N) is 1. The topological polar surface area (TPSA) is 91.0 Å². The number of carbonyl (C=O) groups is 1. The molecule has 0 radical (unpaired) electrons. The fraction of sp³-hybridized carbons (Fsp3) is 0.308. The zero-order chi connectivity index (χ0) is 15.1. The van der Waals surface area contributed by atoms with Crippen LogP contribution in [-0.2, 0) is 0 Å². The molecule has 0 aliphatic rings. The Bertz CT molecular complexity index is 502. The van der Waals surface area contributed by atoms with Crippen LogP contribution in [0.25, 0.3) is 0 Å². The molecule has 0 aromatic heterocycles. The Labute approximate surface area is 123 Å². The zero-order valence-electron chi connectivity index (χ0n) is 11.4. The van der Waals surface area contributed by atoms with Crippen LogP contribution in [0.15, 0.2) is 35.4 Å². The second kappa shape index (κ2) is 7.44. The molecule has 1 rings (SSSR count). The van der Waals surface area contributed by atoms with Crippen LogP contribution in [0.2, 0.25) is 0 Å². The monoisotopic (exact) mass is 294 g/mol. The maximum Gasteiger partial charge on any atom is 0.407 e. The quantitative estimate of drug-likeness (QED) is 0.436. The molecule has 1 aromatic carbocycles. The highest BCUT2D eigenvalue weighted by atomic mass is 32.1. The first-order valence-electron chi connectivity index (χ1n) is 6.08.